The molecule has 8 nitrogen and oxygen atoms in total. The predicted molar refractivity (Wildman–Crippen MR) is 101 cm³/mol. The number of aryl methyl sites for hydroxylation is 1. The first-order valence-electron chi connectivity index (χ1n) is 8.69. The van der Waals surface area contributed by atoms with E-state index in [4.69, 9.17) is 9.15 Å². The van der Waals surface area contributed by atoms with Gasteiger partial charge in [0.2, 0.25) is 5.91 Å². The van der Waals surface area contributed by atoms with Crippen LogP contribution in [0.4, 0.5) is 0 Å². The molecule has 0 fully saturated rings. The summed E-state index contributed by atoms with van der Waals surface area (Å²) in [6.45, 7) is 1.69. The van der Waals surface area contributed by atoms with Crippen LogP contribution in [0, 0.1) is 6.92 Å². The Morgan fingerprint density at radius 3 is 2.52 bits per heavy atom. The summed E-state index contributed by atoms with van der Waals surface area (Å²) < 4.78 is 10.4. The van der Waals surface area contributed by atoms with E-state index in [9.17, 15) is 24.6 Å². The van der Waals surface area contributed by atoms with Crippen molar-refractivity contribution < 1.29 is 29.0 Å². The minimum atomic E-state index is -1.52. The zero-order chi connectivity index (χ0) is 21.1. The van der Waals surface area contributed by atoms with Gasteiger partial charge in [0.05, 0.1) is 31.1 Å². The van der Waals surface area contributed by atoms with Crippen molar-refractivity contribution in [2.45, 2.75) is 19.4 Å². The van der Waals surface area contributed by atoms with E-state index in [1.165, 1.54) is 31.4 Å². The number of ether oxygens (including phenoxy) is 1. The van der Waals surface area contributed by atoms with Gasteiger partial charge in [0.1, 0.15) is 17.1 Å². The van der Waals surface area contributed by atoms with Crippen LogP contribution in [0.15, 0.2) is 51.7 Å². The summed E-state index contributed by atoms with van der Waals surface area (Å²) in [5, 5.41) is 23.8. The second-order valence-electron chi connectivity index (χ2n) is 6.44. The molecule has 0 radical (unpaired) electrons. The lowest BCUT2D eigenvalue weighted by atomic mass is 10.0. The Bertz CT molecular complexity index is 1130. The standard InChI is InChI=1S/C21H19NO7/c1-11-15-8-7-14(28-2)9-17(15)29-21(27)16(11)10-18(24)22-19(20(25)26)12-3-5-13(23)6-4-12/h3-9,19,23H,10H2,1-2H3,(H,22,24)(H,25,26)/p-1/t19-/m0/s1. The van der Waals surface area contributed by atoms with Gasteiger partial charge < -0.3 is 29.5 Å². The molecule has 0 aliphatic heterocycles. The first kappa shape index (κ1) is 19.9. The van der Waals surface area contributed by atoms with Gasteiger partial charge in [-0.2, -0.15) is 0 Å². The molecule has 3 rings (SSSR count). The molecule has 29 heavy (non-hydrogen) atoms. The van der Waals surface area contributed by atoms with E-state index >= 15 is 0 Å². The second kappa shape index (κ2) is 8.05. The van der Waals surface area contributed by atoms with Crippen LogP contribution < -0.4 is 20.8 Å². The van der Waals surface area contributed by atoms with E-state index in [-0.39, 0.29) is 23.3 Å². The Kier molecular flexibility index (Phi) is 5.54. The molecule has 1 aromatic heterocycles. The Balaban J connectivity index is 1.87. The number of amides is 1. The first-order valence-corrected chi connectivity index (χ1v) is 8.69. The number of hydrogen-bond acceptors (Lipinski definition) is 7. The maximum atomic E-state index is 12.5. The van der Waals surface area contributed by atoms with Crippen molar-refractivity contribution in [2.24, 2.45) is 0 Å². The molecule has 0 spiro atoms. The first-order chi connectivity index (χ1) is 13.8. The van der Waals surface area contributed by atoms with Crippen LogP contribution in [0.25, 0.3) is 11.0 Å². The topological polar surface area (TPSA) is 129 Å². The van der Waals surface area contributed by atoms with Crippen molar-refractivity contribution in [1.82, 2.24) is 5.32 Å². The predicted octanol–water partition coefficient (Wildman–Crippen LogP) is 0.966. The largest absolute Gasteiger partial charge is 0.548 e. The lowest BCUT2D eigenvalue weighted by Gasteiger charge is -2.20. The fourth-order valence-corrected chi connectivity index (χ4v) is 3.02. The Hall–Kier alpha value is -3.81. The molecule has 1 heterocycles. The molecule has 0 aliphatic carbocycles. The normalized spacial score (nSPS) is 11.8. The van der Waals surface area contributed by atoms with E-state index < -0.39 is 23.5 Å². The highest BCUT2D eigenvalue weighted by Gasteiger charge is 2.20. The van der Waals surface area contributed by atoms with Crippen LogP contribution in [-0.4, -0.2) is 24.1 Å². The van der Waals surface area contributed by atoms with Gasteiger partial charge >= 0.3 is 5.63 Å². The summed E-state index contributed by atoms with van der Waals surface area (Å²) in [5.74, 6) is -1.72. The van der Waals surface area contributed by atoms with E-state index in [1.807, 2.05) is 0 Å². The Labute approximate surface area is 165 Å². The number of hydrogen-bond donors (Lipinski definition) is 2. The third-order valence-corrected chi connectivity index (χ3v) is 4.60. The highest BCUT2D eigenvalue weighted by Crippen LogP contribution is 2.24. The quantitative estimate of drug-likeness (QED) is 0.594. The van der Waals surface area contributed by atoms with Gasteiger partial charge in [0.25, 0.3) is 0 Å². The van der Waals surface area contributed by atoms with Crippen LogP contribution in [0.3, 0.4) is 0 Å². The van der Waals surface area contributed by atoms with E-state index in [2.05, 4.69) is 5.32 Å². The number of fused-ring (bicyclic) bond motifs is 1. The number of carbonyl (C=O) groups excluding carboxylic acids is 2. The summed E-state index contributed by atoms with van der Waals surface area (Å²) in [5.41, 5.74) is 0.554. The molecular formula is C21H18NO7-. The van der Waals surface area contributed by atoms with Gasteiger partial charge in [-0.1, -0.05) is 12.1 Å². The highest BCUT2D eigenvalue weighted by atomic mass is 16.5. The van der Waals surface area contributed by atoms with Gasteiger partial charge in [-0.15, -0.1) is 0 Å². The number of aliphatic carboxylic acids is 1. The zero-order valence-electron chi connectivity index (χ0n) is 15.7. The minimum absolute atomic E-state index is 0.0433. The summed E-state index contributed by atoms with van der Waals surface area (Å²) in [7, 11) is 1.49. The fourth-order valence-electron chi connectivity index (χ4n) is 3.02. The van der Waals surface area contributed by atoms with Crippen LogP contribution in [0.2, 0.25) is 0 Å². The van der Waals surface area contributed by atoms with Gasteiger partial charge in [-0.05, 0) is 42.3 Å². The number of rotatable bonds is 6. The lowest BCUT2D eigenvalue weighted by Crippen LogP contribution is -2.42. The fraction of sp³-hybridized carbons (Fsp3) is 0.190. The van der Waals surface area contributed by atoms with Crippen LogP contribution in [-0.2, 0) is 16.0 Å². The average molecular weight is 396 g/mol. The van der Waals surface area contributed by atoms with Gasteiger partial charge in [-0.3, -0.25) is 4.79 Å². The Morgan fingerprint density at radius 2 is 1.90 bits per heavy atom. The molecule has 0 unspecified atom stereocenters. The number of nitrogens with one attached hydrogen (secondary N) is 1. The third kappa shape index (κ3) is 4.21. The molecule has 1 amide bonds. The van der Waals surface area contributed by atoms with E-state index in [1.54, 1.807) is 25.1 Å². The molecule has 2 aromatic carbocycles. The van der Waals surface area contributed by atoms with Crippen LogP contribution in [0.1, 0.15) is 22.7 Å². The molecule has 8 heteroatoms. The SMILES string of the molecule is COc1ccc2c(C)c(CC(=O)N[C@H](C(=O)[O-])c3ccc(O)cc3)c(=O)oc2c1. The molecule has 0 bridgehead atoms. The van der Waals surface area contributed by atoms with Crippen molar-refractivity contribution in [3.63, 3.8) is 0 Å². The molecule has 0 saturated heterocycles. The average Bonchev–Trinajstić information content (AvgIpc) is 2.69. The number of benzene rings is 2. The van der Waals surface area contributed by atoms with Gasteiger partial charge in [0, 0.05) is 11.5 Å². The molecule has 3 aromatic rings. The maximum absolute atomic E-state index is 12.5. The van der Waals surface area contributed by atoms with Crippen LogP contribution in [0.5, 0.6) is 11.5 Å². The molecule has 0 aliphatic rings. The number of carbonyl (C=O) groups is 2. The van der Waals surface area contributed by atoms with Crippen molar-refractivity contribution in [3.8, 4) is 11.5 Å². The third-order valence-electron chi connectivity index (χ3n) is 4.60. The van der Waals surface area contributed by atoms with Crippen molar-refractivity contribution in [2.75, 3.05) is 7.11 Å². The number of methoxy groups -OCH3 is 1. The second-order valence-corrected chi connectivity index (χ2v) is 6.44. The maximum Gasteiger partial charge on any atom is 0.340 e. The van der Waals surface area contributed by atoms with Crippen molar-refractivity contribution in [3.05, 3.63) is 69.6 Å². The van der Waals surface area contributed by atoms with Gasteiger partial charge in [0.15, 0.2) is 0 Å². The minimum Gasteiger partial charge on any atom is -0.548 e. The monoisotopic (exact) mass is 396 g/mol. The smallest absolute Gasteiger partial charge is 0.340 e. The van der Waals surface area contributed by atoms with E-state index in [0.717, 1.165) is 0 Å². The summed E-state index contributed by atoms with van der Waals surface area (Å²) in [4.78, 5) is 36.3. The molecule has 2 N–H and O–H groups in total. The number of phenols is 1. The number of carboxylic acids is 1. The summed E-state index contributed by atoms with van der Waals surface area (Å²) in [6.07, 6.45) is -0.363. The highest BCUT2D eigenvalue weighted by molar-refractivity contribution is 5.87. The molecule has 0 saturated carbocycles. The number of phenolic OH excluding ortho intramolecular Hbond substituents is 1. The molecule has 1 atom stereocenters. The zero-order valence-corrected chi connectivity index (χ0v) is 15.7. The van der Waals surface area contributed by atoms with Crippen molar-refractivity contribution >= 4 is 22.8 Å². The lowest BCUT2D eigenvalue weighted by molar-refractivity contribution is -0.308. The van der Waals surface area contributed by atoms with Crippen LogP contribution >= 0.6 is 0 Å². The van der Waals surface area contributed by atoms with E-state index in [0.29, 0.717) is 22.3 Å². The summed E-state index contributed by atoms with van der Waals surface area (Å²) in [6, 6.07) is 8.88. The molecule has 150 valence electrons. The van der Waals surface area contributed by atoms with Crippen molar-refractivity contribution in [1.29, 1.82) is 0 Å². The summed E-state index contributed by atoms with van der Waals surface area (Å²) >= 11 is 0. The number of carboxylic acid groups (broad SMARTS) is 1. The number of aromatic hydroxyl groups is 1. The Morgan fingerprint density at radius 1 is 1.21 bits per heavy atom. The molecular weight excluding hydrogens is 378 g/mol. The van der Waals surface area contributed by atoms with Gasteiger partial charge in [-0.25, -0.2) is 4.79 Å².